The van der Waals surface area contributed by atoms with E-state index in [4.69, 9.17) is 11.1 Å². The number of nitrogens with two attached hydrogens (primary N) is 1. The molecule has 69 valence electrons. The number of benzene rings is 1. The molecule has 1 rings (SSSR count). The Morgan fingerprint density at radius 1 is 1.50 bits per heavy atom. The predicted molar refractivity (Wildman–Crippen MR) is 47.6 cm³/mol. The second-order valence-electron chi connectivity index (χ2n) is 2.45. The molecule has 1 aromatic carbocycles. The van der Waals surface area contributed by atoms with Gasteiger partial charge in [-0.2, -0.15) is 5.26 Å². The largest absolute Gasteiger partial charge is 0.290 e. The van der Waals surface area contributed by atoms with Crippen molar-refractivity contribution < 1.29 is 9.59 Å². The lowest BCUT2D eigenvalue weighted by Crippen LogP contribution is -2.30. The van der Waals surface area contributed by atoms with Crippen molar-refractivity contribution >= 4 is 12.2 Å². The van der Waals surface area contributed by atoms with Gasteiger partial charge in [0.1, 0.15) is 0 Å². The zero-order valence-corrected chi connectivity index (χ0v) is 7.07. The predicted octanol–water partition coefficient (Wildman–Crippen LogP) is -0.380. The summed E-state index contributed by atoms with van der Waals surface area (Å²) in [6.07, 6.45) is 1.59. The number of hydrogen-bond donors (Lipinski definition) is 2. The van der Waals surface area contributed by atoms with E-state index in [9.17, 15) is 9.59 Å². The quantitative estimate of drug-likeness (QED) is 0.375. The van der Waals surface area contributed by atoms with E-state index in [0.29, 0.717) is 0 Å². The summed E-state index contributed by atoms with van der Waals surface area (Å²) in [6, 6.07) is 5.89. The Morgan fingerprint density at radius 3 is 2.71 bits per heavy atom. The monoisotopic (exact) mass is 188 g/mol. The van der Waals surface area contributed by atoms with Gasteiger partial charge in [-0.15, -0.1) is 0 Å². The van der Waals surface area contributed by atoms with E-state index < -0.39 is 5.91 Å². The fourth-order valence-corrected chi connectivity index (χ4v) is 0.968. The highest BCUT2D eigenvalue weighted by Crippen LogP contribution is 2.09. The summed E-state index contributed by atoms with van der Waals surface area (Å²) in [5, 5.41) is 8.57. The number of nitriles is 1. The highest BCUT2D eigenvalue weighted by Gasteiger charge is 2.10. The lowest BCUT2D eigenvalue weighted by atomic mass is 10.0. The first-order valence-corrected chi connectivity index (χ1v) is 3.66. The molecule has 0 atom stereocenters. The molecule has 0 spiro atoms. The van der Waals surface area contributed by atoms with Crippen LogP contribution in [-0.4, -0.2) is 12.2 Å². The van der Waals surface area contributed by atoms with Gasteiger partial charge in [0.15, 0.2) is 0 Å². The summed E-state index contributed by atoms with van der Waals surface area (Å²) in [7, 11) is 0. The lowest BCUT2D eigenvalue weighted by Gasteiger charge is -2.02. The maximum atomic E-state index is 11.1. The van der Waals surface area contributed by atoms with Crippen LogP contribution in [0.15, 0.2) is 18.2 Å². The van der Waals surface area contributed by atoms with Gasteiger partial charge >= 0.3 is 0 Å². The van der Waals surface area contributed by atoms with E-state index in [1.165, 1.54) is 18.2 Å². The molecule has 0 aliphatic heterocycles. The number of nitrogens with zero attached hydrogens (tertiary/aromatic N) is 1. The van der Waals surface area contributed by atoms with Gasteiger partial charge in [-0.25, -0.2) is 5.84 Å². The van der Waals surface area contributed by atoms with Crippen molar-refractivity contribution in [3.8, 4) is 6.07 Å². The van der Waals surface area contributed by atoms with Gasteiger partial charge in [0, 0.05) is 5.56 Å². The molecule has 0 fully saturated rings. The molecule has 0 saturated heterocycles. The molecular weight excluding hydrogens is 182 g/mol. The Kier molecular flexibility index (Phi) is 2.94. The number of hydrogen-bond acceptors (Lipinski definition) is 4. The normalized spacial score (nSPS) is 8.86. The zero-order chi connectivity index (χ0) is 10.6. The Bertz CT molecular complexity index is 421. The minimum atomic E-state index is -0.625. The fraction of sp³-hybridized carbons (Fsp3) is 0. The van der Waals surface area contributed by atoms with Crippen LogP contribution in [-0.2, 0) is 4.79 Å². The number of hydrazine groups is 1. The molecule has 14 heavy (non-hydrogen) atoms. The number of amides is 1. The van der Waals surface area contributed by atoms with Gasteiger partial charge in [0.25, 0.3) is 5.91 Å². The maximum absolute atomic E-state index is 11.1. The molecular formula is C9H6N3O2. The number of carbonyl (C=O) groups is 1. The van der Waals surface area contributed by atoms with Crippen LogP contribution in [0.2, 0.25) is 0 Å². The maximum Gasteiger partial charge on any atom is 0.265 e. The van der Waals surface area contributed by atoms with Crippen LogP contribution < -0.4 is 11.3 Å². The van der Waals surface area contributed by atoms with Crippen molar-refractivity contribution in [1.29, 1.82) is 5.26 Å². The molecule has 1 radical (unpaired) electrons. The zero-order valence-electron chi connectivity index (χ0n) is 7.07. The average Bonchev–Trinajstić information content (AvgIpc) is 2.27. The summed E-state index contributed by atoms with van der Waals surface area (Å²) in [4.78, 5) is 21.6. The highest BCUT2D eigenvalue weighted by atomic mass is 16.2. The summed E-state index contributed by atoms with van der Waals surface area (Å²) < 4.78 is 0. The van der Waals surface area contributed by atoms with Crippen molar-refractivity contribution in [2.24, 2.45) is 5.84 Å². The standard InChI is InChI=1S/C9H6N3O2/c10-4-6-1-2-7(5-13)8(3-6)9(14)12-11/h1-3H,11H2,(H,12,14). The molecule has 5 nitrogen and oxygen atoms in total. The third-order valence-corrected chi connectivity index (χ3v) is 1.63. The van der Waals surface area contributed by atoms with Gasteiger partial charge < -0.3 is 0 Å². The number of nitrogen functional groups attached to an aromatic ring is 1. The van der Waals surface area contributed by atoms with Crippen molar-refractivity contribution in [3.63, 3.8) is 0 Å². The van der Waals surface area contributed by atoms with Crippen LogP contribution >= 0.6 is 0 Å². The van der Waals surface area contributed by atoms with E-state index in [2.05, 4.69) is 0 Å². The third-order valence-electron chi connectivity index (χ3n) is 1.63. The Hall–Kier alpha value is -2.19. The van der Waals surface area contributed by atoms with Gasteiger partial charge in [-0.1, -0.05) is 0 Å². The first kappa shape index (κ1) is 9.89. The van der Waals surface area contributed by atoms with Crippen molar-refractivity contribution in [2.75, 3.05) is 0 Å². The van der Waals surface area contributed by atoms with Crippen molar-refractivity contribution in [2.45, 2.75) is 0 Å². The molecule has 0 unspecified atom stereocenters. The molecule has 0 aliphatic carbocycles. The Balaban J connectivity index is 3.30. The summed E-state index contributed by atoms with van der Waals surface area (Å²) >= 11 is 0. The molecule has 5 heteroatoms. The van der Waals surface area contributed by atoms with Crippen molar-refractivity contribution in [1.82, 2.24) is 5.43 Å². The van der Waals surface area contributed by atoms with Crippen LogP contribution in [0.5, 0.6) is 0 Å². The fourth-order valence-electron chi connectivity index (χ4n) is 0.968. The first-order chi connectivity index (χ1) is 6.72. The number of nitrogens with one attached hydrogen (secondary N) is 1. The van der Waals surface area contributed by atoms with Gasteiger partial charge in [-0.05, 0) is 18.2 Å². The molecule has 0 aromatic heterocycles. The summed E-state index contributed by atoms with van der Waals surface area (Å²) in [5.41, 5.74) is 2.28. The molecule has 0 aliphatic rings. The Labute approximate surface area is 80.1 Å². The molecule has 1 amide bonds. The second-order valence-corrected chi connectivity index (χ2v) is 2.45. The van der Waals surface area contributed by atoms with Crippen LogP contribution in [0, 0.1) is 11.3 Å². The molecule has 0 saturated carbocycles. The SMILES string of the molecule is N#Cc1ccc([C]=O)c(C(=O)NN)c1. The number of carbonyl (C=O) groups excluding carboxylic acids is 2. The van der Waals surface area contributed by atoms with Gasteiger partial charge in [-0.3, -0.25) is 15.0 Å². The molecule has 0 bridgehead atoms. The van der Waals surface area contributed by atoms with E-state index in [1.807, 2.05) is 11.5 Å². The van der Waals surface area contributed by atoms with Gasteiger partial charge in [0.05, 0.1) is 17.2 Å². The average molecular weight is 188 g/mol. The molecule has 1 aromatic rings. The number of rotatable bonds is 2. The topological polar surface area (TPSA) is 96.0 Å². The van der Waals surface area contributed by atoms with E-state index in [0.717, 1.165) is 0 Å². The second kappa shape index (κ2) is 4.16. The summed E-state index contributed by atoms with van der Waals surface area (Å²) in [6.45, 7) is 0. The highest BCUT2D eigenvalue weighted by molar-refractivity contribution is 6.01. The summed E-state index contributed by atoms with van der Waals surface area (Å²) in [5.74, 6) is 4.28. The van der Waals surface area contributed by atoms with E-state index >= 15 is 0 Å². The smallest absolute Gasteiger partial charge is 0.265 e. The van der Waals surface area contributed by atoms with E-state index in [1.54, 1.807) is 6.29 Å². The van der Waals surface area contributed by atoms with Crippen LogP contribution in [0.25, 0.3) is 0 Å². The molecule has 0 heterocycles. The lowest BCUT2D eigenvalue weighted by molar-refractivity contribution is 0.0953. The van der Waals surface area contributed by atoms with Crippen LogP contribution in [0.1, 0.15) is 21.5 Å². The minimum absolute atomic E-state index is 0.0431. The Morgan fingerprint density at radius 2 is 2.21 bits per heavy atom. The van der Waals surface area contributed by atoms with Gasteiger partial charge in [0.2, 0.25) is 6.29 Å². The minimum Gasteiger partial charge on any atom is -0.290 e. The first-order valence-electron chi connectivity index (χ1n) is 3.66. The van der Waals surface area contributed by atoms with E-state index in [-0.39, 0.29) is 16.7 Å². The van der Waals surface area contributed by atoms with Crippen molar-refractivity contribution in [3.05, 3.63) is 34.9 Å². The molecule has 3 N–H and O–H groups in total. The van der Waals surface area contributed by atoms with Crippen LogP contribution in [0.3, 0.4) is 0 Å². The third kappa shape index (κ3) is 1.76. The van der Waals surface area contributed by atoms with Crippen LogP contribution in [0.4, 0.5) is 0 Å².